The van der Waals surface area contributed by atoms with Crippen LogP contribution in [0.1, 0.15) is 48.0 Å². The number of primary amides is 1. The number of urea groups is 1. The van der Waals surface area contributed by atoms with Crippen molar-refractivity contribution < 1.29 is 9.59 Å². The van der Waals surface area contributed by atoms with Gasteiger partial charge in [0.15, 0.2) is 0 Å². The van der Waals surface area contributed by atoms with Crippen LogP contribution < -0.4 is 20.9 Å². The summed E-state index contributed by atoms with van der Waals surface area (Å²) in [6.45, 7) is 7.55. The molecule has 1 saturated carbocycles. The molecule has 5 rings (SSSR count). The number of amides is 3. The zero-order chi connectivity index (χ0) is 25.6. The van der Waals surface area contributed by atoms with Gasteiger partial charge in [-0.1, -0.05) is 49.6 Å². The predicted molar refractivity (Wildman–Crippen MR) is 148 cm³/mol. The van der Waals surface area contributed by atoms with E-state index in [-0.39, 0.29) is 11.9 Å². The van der Waals surface area contributed by atoms with E-state index in [1.54, 1.807) is 4.90 Å². The van der Waals surface area contributed by atoms with E-state index >= 15 is 0 Å². The summed E-state index contributed by atoms with van der Waals surface area (Å²) >= 11 is 0. The number of nitrogens with two attached hydrogens (primary N) is 1. The molecular weight excluding hydrogens is 464 g/mol. The third-order valence-electron chi connectivity index (χ3n) is 8.03. The van der Waals surface area contributed by atoms with Gasteiger partial charge in [-0.25, -0.2) is 4.79 Å². The van der Waals surface area contributed by atoms with E-state index in [0.717, 1.165) is 82.9 Å². The van der Waals surface area contributed by atoms with Crippen LogP contribution in [0.3, 0.4) is 0 Å². The van der Waals surface area contributed by atoms with E-state index in [1.165, 1.54) is 12.0 Å². The Hall–Kier alpha value is -3.10. The molecule has 198 valence electrons. The summed E-state index contributed by atoms with van der Waals surface area (Å²) in [6, 6.07) is 16.1. The number of anilines is 2. The molecule has 2 aliphatic heterocycles. The van der Waals surface area contributed by atoms with Crippen molar-refractivity contribution in [3.8, 4) is 0 Å². The van der Waals surface area contributed by atoms with E-state index in [0.29, 0.717) is 18.7 Å². The van der Waals surface area contributed by atoms with Crippen LogP contribution in [-0.2, 0) is 6.54 Å². The van der Waals surface area contributed by atoms with E-state index < -0.39 is 6.03 Å². The number of rotatable bonds is 6. The number of nitrogens with zero attached hydrogens (tertiary/aromatic N) is 4. The topological polar surface area (TPSA) is 85.1 Å². The summed E-state index contributed by atoms with van der Waals surface area (Å²) in [7, 11) is 0. The standard InChI is InChI=1S/C29H40N6O2/c30-29(37)35(25-9-5-2-6-10-25)27-21-24(28(36)34-15-13-31-14-16-34)11-12-26(27)33-19-17-32(18-20-33)22-23-7-3-1-4-8-23/h1,3-4,7-8,11-12,21,25,31H,2,5-6,9-10,13-20,22H2,(H2,30,37). The molecule has 8 heteroatoms. The molecule has 2 heterocycles. The highest BCUT2D eigenvalue weighted by Crippen LogP contribution is 2.36. The van der Waals surface area contributed by atoms with Crippen LogP contribution in [0.15, 0.2) is 48.5 Å². The van der Waals surface area contributed by atoms with E-state index in [9.17, 15) is 9.59 Å². The molecule has 0 spiro atoms. The van der Waals surface area contributed by atoms with Gasteiger partial charge >= 0.3 is 6.03 Å². The monoisotopic (exact) mass is 504 g/mol. The highest BCUT2D eigenvalue weighted by molar-refractivity contribution is 6.00. The number of carbonyl (C=O) groups is 2. The Labute approximate surface area is 220 Å². The van der Waals surface area contributed by atoms with Gasteiger partial charge in [-0.3, -0.25) is 14.6 Å². The van der Waals surface area contributed by atoms with Gasteiger partial charge < -0.3 is 20.9 Å². The second-order valence-corrected chi connectivity index (χ2v) is 10.5. The van der Waals surface area contributed by atoms with Crippen molar-refractivity contribution in [2.24, 2.45) is 5.73 Å². The molecule has 37 heavy (non-hydrogen) atoms. The molecule has 2 aromatic rings. The van der Waals surface area contributed by atoms with Gasteiger partial charge in [0.2, 0.25) is 0 Å². The first-order valence-corrected chi connectivity index (χ1v) is 13.8. The maximum Gasteiger partial charge on any atom is 0.319 e. The summed E-state index contributed by atoms with van der Waals surface area (Å²) in [5, 5.41) is 3.31. The number of carbonyl (C=O) groups excluding carboxylic acids is 2. The third-order valence-corrected chi connectivity index (χ3v) is 8.03. The Bertz CT molecular complexity index is 1060. The van der Waals surface area contributed by atoms with E-state index in [4.69, 9.17) is 5.73 Å². The molecule has 2 saturated heterocycles. The van der Waals surface area contributed by atoms with Gasteiger partial charge in [-0.2, -0.15) is 0 Å². The molecule has 0 atom stereocenters. The fourth-order valence-corrected chi connectivity index (χ4v) is 5.99. The molecule has 0 radical (unpaired) electrons. The first-order chi connectivity index (χ1) is 18.1. The molecule has 8 nitrogen and oxygen atoms in total. The molecule has 2 aromatic carbocycles. The summed E-state index contributed by atoms with van der Waals surface area (Å²) < 4.78 is 0. The summed E-state index contributed by atoms with van der Waals surface area (Å²) in [5.74, 6) is 0.0232. The molecule has 0 bridgehead atoms. The van der Waals surface area contributed by atoms with Crippen LogP contribution in [0.25, 0.3) is 0 Å². The summed E-state index contributed by atoms with van der Waals surface area (Å²) in [5.41, 5.74) is 9.77. The second kappa shape index (κ2) is 12.0. The SMILES string of the molecule is NC(=O)N(c1cc(C(=O)N2CCNCC2)ccc1N1CCN(Cc2ccccc2)CC1)C1CCCCC1. The Morgan fingerprint density at radius 2 is 1.59 bits per heavy atom. The first kappa shape index (κ1) is 25.5. The van der Waals surface area contributed by atoms with Gasteiger partial charge in [0.05, 0.1) is 11.4 Å². The van der Waals surface area contributed by atoms with Crippen LogP contribution >= 0.6 is 0 Å². The lowest BCUT2D eigenvalue weighted by Gasteiger charge is -2.40. The second-order valence-electron chi connectivity index (χ2n) is 10.5. The van der Waals surface area contributed by atoms with Gasteiger partial charge in [0, 0.05) is 70.5 Å². The van der Waals surface area contributed by atoms with Crippen molar-refractivity contribution in [1.82, 2.24) is 15.1 Å². The minimum absolute atomic E-state index is 0.0232. The molecule has 0 aromatic heterocycles. The normalized spacial score (nSPS) is 19.6. The van der Waals surface area contributed by atoms with Crippen molar-refractivity contribution in [3.05, 3.63) is 59.7 Å². The smallest absolute Gasteiger partial charge is 0.319 e. The third kappa shape index (κ3) is 6.08. The summed E-state index contributed by atoms with van der Waals surface area (Å²) in [6.07, 6.45) is 5.29. The Kier molecular flexibility index (Phi) is 8.26. The van der Waals surface area contributed by atoms with E-state index in [2.05, 4.69) is 45.4 Å². The van der Waals surface area contributed by atoms with Crippen LogP contribution in [0.4, 0.5) is 16.2 Å². The van der Waals surface area contributed by atoms with Crippen molar-refractivity contribution in [2.75, 3.05) is 62.2 Å². The lowest BCUT2D eigenvalue weighted by molar-refractivity contribution is 0.0736. The zero-order valence-electron chi connectivity index (χ0n) is 21.8. The minimum atomic E-state index is -0.428. The van der Waals surface area contributed by atoms with Crippen LogP contribution in [-0.4, -0.2) is 80.1 Å². The molecule has 3 aliphatic rings. The molecular formula is C29H40N6O2. The fourth-order valence-electron chi connectivity index (χ4n) is 5.99. The number of piperazine rings is 2. The molecule has 1 aliphatic carbocycles. The Morgan fingerprint density at radius 3 is 2.27 bits per heavy atom. The van der Waals surface area contributed by atoms with Crippen molar-refractivity contribution in [2.45, 2.75) is 44.7 Å². The highest BCUT2D eigenvalue weighted by Gasteiger charge is 2.31. The lowest BCUT2D eigenvalue weighted by atomic mass is 9.93. The van der Waals surface area contributed by atoms with Gasteiger partial charge in [0.1, 0.15) is 0 Å². The fraction of sp³-hybridized carbons (Fsp3) is 0.517. The first-order valence-electron chi connectivity index (χ1n) is 13.8. The van der Waals surface area contributed by atoms with Gasteiger partial charge in [-0.05, 0) is 36.6 Å². The number of hydrogen-bond acceptors (Lipinski definition) is 5. The Balaban J connectivity index is 1.40. The maximum atomic E-state index is 13.4. The molecule has 3 amide bonds. The average Bonchev–Trinajstić information content (AvgIpc) is 2.95. The summed E-state index contributed by atoms with van der Waals surface area (Å²) in [4.78, 5) is 34.8. The van der Waals surface area contributed by atoms with Gasteiger partial charge in [0.25, 0.3) is 5.91 Å². The highest BCUT2D eigenvalue weighted by atomic mass is 16.2. The zero-order valence-corrected chi connectivity index (χ0v) is 21.8. The minimum Gasteiger partial charge on any atom is -0.367 e. The van der Waals surface area contributed by atoms with Crippen molar-refractivity contribution in [3.63, 3.8) is 0 Å². The number of hydrogen-bond donors (Lipinski definition) is 2. The molecule has 3 N–H and O–H groups in total. The van der Waals surface area contributed by atoms with E-state index in [1.807, 2.05) is 23.1 Å². The van der Waals surface area contributed by atoms with Crippen LogP contribution in [0.5, 0.6) is 0 Å². The lowest BCUT2D eigenvalue weighted by Crippen LogP contribution is -2.49. The number of benzene rings is 2. The quantitative estimate of drug-likeness (QED) is 0.631. The predicted octanol–water partition coefficient (Wildman–Crippen LogP) is 3.27. The maximum absolute atomic E-state index is 13.4. The molecule has 3 fully saturated rings. The van der Waals surface area contributed by atoms with Crippen LogP contribution in [0, 0.1) is 0 Å². The van der Waals surface area contributed by atoms with Crippen LogP contribution in [0.2, 0.25) is 0 Å². The molecule has 0 unspecified atom stereocenters. The van der Waals surface area contributed by atoms with Crippen molar-refractivity contribution >= 4 is 23.3 Å². The van der Waals surface area contributed by atoms with Gasteiger partial charge in [-0.15, -0.1) is 0 Å². The number of nitrogens with one attached hydrogen (secondary N) is 1. The van der Waals surface area contributed by atoms with Crippen molar-refractivity contribution in [1.29, 1.82) is 0 Å². The average molecular weight is 505 g/mol. The largest absolute Gasteiger partial charge is 0.367 e. The Morgan fingerprint density at radius 1 is 0.892 bits per heavy atom.